The first kappa shape index (κ1) is 40.5. The number of quaternary nitrogens is 1. The summed E-state index contributed by atoms with van der Waals surface area (Å²) in [6.07, 6.45) is 0. The average molecular weight is 922 g/mol. The Hall–Kier alpha value is -9.36. The van der Waals surface area contributed by atoms with Gasteiger partial charge in [0.15, 0.2) is 0 Å². The third kappa shape index (κ3) is 5.93. The first-order valence-corrected chi connectivity index (χ1v) is 24.7. The molecule has 1 aliphatic rings. The molecule has 0 radical (unpaired) electrons. The van der Waals surface area contributed by atoms with E-state index in [1.165, 1.54) is 71.7 Å². The summed E-state index contributed by atoms with van der Waals surface area (Å²) in [6, 6.07) is 85.7. The summed E-state index contributed by atoms with van der Waals surface area (Å²) < 4.78 is 7.74. The van der Waals surface area contributed by atoms with Gasteiger partial charge in [-0.3, -0.25) is 9.05 Å². The SMILES string of the molecule is C[N+]1(C)c2ccccc2-c2cc3c4ccccc4n(-c4cccc(-c5cc(-c6ccccc6)nc(-n6c7ccccc7c7cc(-c8ccc9c(c8)c8ccccc8n9-c8ccccc8)ccc76)n5)c4)c3cc21. The molecule has 1 aliphatic heterocycles. The van der Waals surface area contributed by atoms with Gasteiger partial charge < -0.3 is 9.13 Å². The summed E-state index contributed by atoms with van der Waals surface area (Å²) in [7, 11) is 4.59. The summed E-state index contributed by atoms with van der Waals surface area (Å²) >= 11 is 0. The number of hydrogen-bond acceptors (Lipinski definition) is 2. The average Bonchev–Trinajstić information content (AvgIpc) is 4.13. The number of fused-ring (bicyclic) bond motifs is 12. The van der Waals surface area contributed by atoms with Crippen LogP contribution in [0.1, 0.15) is 0 Å². The van der Waals surface area contributed by atoms with Crippen LogP contribution in [0.3, 0.4) is 0 Å². The fraction of sp³-hybridized carbons (Fsp3) is 0.0303. The van der Waals surface area contributed by atoms with Crippen molar-refractivity contribution in [2.45, 2.75) is 0 Å². The molecule has 0 saturated carbocycles. The normalized spacial score (nSPS) is 13.0. The van der Waals surface area contributed by atoms with Gasteiger partial charge in [-0.15, -0.1) is 0 Å². The van der Waals surface area contributed by atoms with Gasteiger partial charge in [0.2, 0.25) is 5.95 Å². The van der Waals surface area contributed by atoms with Crippen LogP contribution in [0.15, 0.2) is 237 Å². The van der Waals surface area contributed by atoms with Crippen LogP contribution in [-0.4, -0.2) is 37.8 Å². The minimum Gasteiger partial charge on any atom is -0.309 e. The van der Waals surface area contributed by atoms with Crippen molar-refractivity contribution in [3.63, 3.8) is 0 Å². The summed E-state index contributed by atoms with van der Waals surface area (Å²) in [6.45, 7) is 0. The maximum Gasteiger partial charge on any atom is 0.235 e. The van der Waals surface area contributed by atoms with E-state index in [-0.39, 0.29) is 0 Å². The topological polar surface area (TPSA) is 40.6 Å². The molecule has 6 heteroatoms. The smallest absolute Gasteiger partial charge is 0.235 e. The first-order chi connectivity index (χ1) is 35.5. The van der Waals surface area contributed by atoms with Gasteiger partial charge in [0, 0.05) is 78.1 Å². The van der Waals surface area contributed by atoms with E-state index in [0.29, 0.717) is 10.4 Å². The van der Waals surface area contributed by atoms with E-state index >= 15 is 0 Å². The number of rotatable bonds is 6. The van der Waals surface area contributed by atoms with Crippen LogP contribution in [0.4, 0.5) is 11.4 Å². The second-order valence-electron chi connectivity index (χ2n) is 19.6. The van der Waals surface area contributed by atoms with E-state index < -0.39 is 0 Å². The van der Waals surface area contributed by atoms with Crippen molar-refractivity contribution in [2.24, 2.45) is 0 Å². The van der Waals surface area contributed by atoms with Crippen LogP contribution in [0.25, 0.3) is 128 Å². The Bertz CT molecular complexity index is 4540. The zero-order chi connectivity index (χ0) is 47.7. The summed E-state index contributed by atoms with van der Waals surface area (Å²) in [5.41, 5.74) is 20.4. The number of benzene rings is 10. The van der Waals surface area contributed by atoms with E-state index in [9.17, 15) is 0 Å². The number of para-hydroxylation sites is 5. The monoisotopic (exact) mass is 921 g/mol. The van der Waals surface area contributed by atoms with Gasteiger partial charge in [0.1, 0.15) is 11.4 Å². The summed E-state index contributed by atoms with van der Waals surface area (Å²) in [4.78, 5) is 10.9. The van der Waals surface area contributed by atoms with Crippen molar-refractivity contribution >= 4 is 76.8 Å². The highest BCUT2D eigenvalue weighted by Gasteiger charge is 2.38. The Morgan fingerprint density at radius 2 is 0.778 bits per heavy atom. The van der Waals surface area contributed by atoms with Gasteiger partial charge in [-0.05, 0) is 96.1 Å². The molecule has 0 aliphatic carbocycles. The highest BCUT2D eigenvalue weighted by molar-refractivity contribution is 6.15. The molecule has 0 atom stereocenters. The van der Waals surface area contributed by atoms with Crippen LogP contribution < -0.4 is 4.48 Å². The molecule has 14 aromatic rings. The lowest BCUT2D eigenvalue weighted by molar-refractivity contribution is 0.569. The zero-order valence-corrected chi connectivity index (χ0v) is 39.7. The Kier molecular flexibility index (Phi) is 8.62. The molecule has 0 saturated heterocycles. The Morgan fingerprint density at radius 1 is 0.292 bits per heavy atom. The molecule has 0 bridgehead atoms. The molecule has 0 spiro atoms. The molecule has 0 unspecified atom stereocenters. The largest absolute Gasteiger partial charge is 0.309 e. The molecule has 6 nitrogen and oxygen atoms in total. The molecule has 15 rings (SSSR count). The summed E-state index contributed by atoms with van der Waals surface area (Å²) in [5, 5.41) is 7.24. The van der Waals surface area contributed by atoms with Crippen LogP contribution in [0.5, 0.6) is 0 Å². The van der Waals surface area contributed by atoms with E-state index in [0.717, 1.165) is 61.3 Å². The van der Waals surface area contributed by atoms with Crippen molar-refractivity contribution in [1.29, 1.82) is 0 Å². The Balaban J connectivity index is 0.894. The van der Waals surface area contributed by atoms with Gasteiger partial charge >= 0.3 is 0 Å². The standard InChI is InChI=1S/C66H45N6/c1-72(2)64-31-16-12-27-51(64)55-39-54-50-26-10-14-29-59(50)70(63(54)41-65(55)72)47-23-17-20-45(36-47)57-40-56(42-18-5-3-6-19-42)67-66(68-57)71-60-30-15-11-25-49(60)53-38-44(33-35-62(53)71)43-32-34-61-52(37-43)48-24-9-13-28-58(48)69(61)46-21-7-4-8-22-46/h3-41H,1-2H3/q+1. The molecule has 72 heavy (non-hydrogen) atoms. The number of hydrogen-bond donors (Lipinski definition) is 0. The van der Waals surface area contributed by atoms with Gasteiger partial charge in [0.05, 0.1) is 58.6 Å². The van der Waals surface area contributed by atoms with Crippen LogP contribution in [0.2, 0.25) is 0 Å². The predicted octanol–water partition coefficient (Wildman–Crippen LogP) is 16.6. The lowest BCUT2D eigenvalue weighted by atomic mass is 10.0. The van der Waals surface area contributed by atoms with Crippen molar-refractivity contribution in [2.75, 3.05) is 14.1 Å². The summed E-state index contributed by atoms with van der Waals surface area (Å²) in [5.74, 6) is 0.623. The Morgan fingerprint density at radius 3 is 1.44 bits per heavy atom. The van der Waals surface area contributed by atoms with E-state index in [2.05, 4.69) is 264 Å². The molecule has 0 amide bonds. The predicted molar refractivity (Wildman–Crippen MR) is 300 cm³/mol. The maximum atomic E-state index is 5.52. The molecule has 0 fully saturated rings. The molecule has 0 N–H and O–H groups in total. The molecule has 5 heterocycles. The molecule has 10 aromatic carbocycles. The fourth-order valence-electron chi connectivity index (χ4n) is 11.9. The highest BCUT2D eigenvalue weighted by Crippen LogP contribution is 2.53. The van der Waals surface area contributed by atoms with Gasteiger partial charge in [-0.2, -0.15) is 0 Å². The van der Waals surface area contributed by atoms with E-state index in [4.69, 9.17) is 9.97 Å². The van der Waals surface area contributed by atoms with Crippen LogP contribution >= 0.6 is 0 Å². The van der Waals surface area contributed by atoms with E-state index in [1.54, 1.807) is 0 Å². The quantitative estimate of drug-likeness (QED) is 0.156. The van der Waals surface area contributed by atoms with Gasteiger partial charge in [-0.25, -0.2) is 9.97 Å². The van der Waals surface area contributed by atoms with Crippen molar-refractivity contribution < 1.29 is 0 Å². The lowest BCUT2D eigenvalue weighted by Crippen LogP contribution is -2.31. The third-order valence-corrected chi connectivity index (χ3v) is 15.3. The van der Waals surface area contributed by atoms with Gasteiger partial charge in [0.25, 0.3) is 0 Å². The minimum absolute atomic E-state index is 0.623. The van der Waals surface area contributed by atoms with Crippen molar-refractivity contribution in [1.82, 2.24) is 28.2 Å². The number of nitrogens with zero attached hydrogens (tertiary/aromatic N) is 6. The first-order valence-electron chi connectivity index (χ1n) is 24.7. The Labute approximate surface area is 415 Å². The maximum absolute atomic E-state index is 5.52. The van der Waals surface area contributed by atoms with Gasteiger partial charge in [-0.1, -0.05) is 140 Å². The molecule has 338 valence electrons. The lowest BCUT2D eigenvalue weighted by Gasteiger charge is -2.25. The van der Waals surface area contributed by atoms with Crippen molar-refractivity contribution in [3.8, 4) is 62.1 Å². The highest BCUT2D eigenvalue weighted by atomic mass is 15.3. The van der Waals surface area contributed by atoms with Crippen LogP contribution in [0, 0.1) is 0 Å². The second-order valence-corrected chi connectivity index (χ2v) is 19.6. The van der Waals surface area contributed by atoms with Crippen molar-refractivity contribution in [3.05, 3.63) is 237 Å². The van der Waals surface area contributed by atoms with Crippen LogP contribution in [-0.2, 0) is 0 Å². The molecular weight excluding hydrogens is 877 g/mol. The zero-order valence-electron chi connectivity index (χ0n) is 39.7. The molecule has 4 aromatic heterocycles. The number of aromatic nitrogens is 5. The van der Waals surface area contributed by atoms with E-state index in [1.807, 2.05) is 0 Å². The minimum atomic E-state index is 0.623. The second kappa shape index (κ2) is 15.3. The fourth-order valence-corrected chi connectivity index (χ4v) is 11.9. The third-order valence-electron chi connectivity index (χ3n) is 15.3. The molecular formula is C66H45N6+.